The van der Waals surface area contributed by atoms with E-state index in [2.05, 4.69) is 26.1 Å². The number of urea groups is 1. The molecule has 1 fully saturated rings. The minimum atomic E-state index is -1.01. The lowest BCUT2D eigenvalue weighted by molar-refractivity contribution is -0.148. The highest BCUT2D eigenvalue weighted by atomic mass is 16.4. The Bertz CT molecular complexity index is 355. The Labute approximate surface area is 115 Å². The number of hydrogen-bond donors (Lipinski definition) is 2. The fourth-order valence-corrected chi connectivity index (χ4v) is 2.45. The van der Waals surface area contributed by atoms with Crippen LogP contribution < -0.4 is 5.32 Å². The molecule has 1 saturated heterocycles. The summed E-state index contributed by atoms with van der Waals surface area (Å²) in [6, 6.07) is -0.247. The monoisotopic (exact) mass is 270 g/mol. The number of hydrogen-bond acceptors (Lipinski definition) is 2. The van der Waals surface area contributed by atoms with Gasteiger partial charge in [-0.05, 0) is 31.1 Å². The van der Waals surface area contributed by atoms with Gasteiger partial charge in [-0.2, -0.15) is 0 Å². The number of aliphatic carboxylic acids is 1. The van der Waals surface area contributed by atoms with E-state index in [1.807, 2.05) is 6.92 Å². The van der Waals surface area contributed by atoms with Crippen molar-refractivity contribution in [3.8, 4) is 0 Å². The summed E-state index contributed by atoms with van der Waals surface area (Å²) in [4.78, 5) is 25.2. The maximum Gasteiger partial charge on any atom is 0.329 e. The van der Waals surface area contributed by atoms with E-state index in [-0.39, 0.29) is 11.4 Å². The summed E-state index contributed by atoms with van der Waals surface area (Å²) >= 11 is 0. The first-order chi connectivity index (χ1) is 8.79. The van der Waals surface area contributed by atoms with Gasteiger partial charge >= 0.3 is 12.0 Å². The smallest absolute Gasteiger partial charge is 0.329 e. The molecule has 1 unspecified atom stereocenters. The van der Waals surface area contributed by atoms with Crippen LogP contribution >= 0.6 is 0 Å². The molecule has 2 N–H and O–H groups in total. The largest absolute Gasteiger partial charge is 0.479 e. The molecule has 1 aliphatic rings. The second-order valence-corrected chi connectivity index (χ2v) is 6.12. The van der Waals surface area contributed by atoms with Gasteiger partial charge in [0, 0.05) is 13.1 Å². The second kappa shape index (κ2) is 5.80. The number of nitrogens with zero attached hydrogens (tertiary/aromatic N) is 1. The van der Waals surface area contributed by atoms with Gasteiger partial charge < -0.3 is 15.3 Å². The van der Waals surface area contributed by atoms with Crippen molar-refractivity contribution in [1.29, 1.82) is 0 Å². The molecule has 1 aliphatic heterocycles. The zero-order chi connectivity index (χ0) is 14.7. The Morgan fingerprint density at radius 1 is 1.37 bits per heavy atom. The molecule has 0 aromatic heterocycles. The number of carboxylic acid groups (broad SMARTS) is 1. The topological polar surface area (TPSA) is 69.6 Å². The highest BCUT2D eigenvalue weighted by molar-refractivity contribution is 5.87. The van der Waals surface area contributed by atoms with E-state index in [1.54, 1.807) is 0 Å². The Kier molecular flexibility index (Phi) is 4.82. The summed E-state index contributed by atoms with van der Waals surface area (Å²) in [6.07, 6.45) is 2.71. The average Bonchev–Trinajstić information content (AvgIpc) is 2.81. The van der Waals surface area contributed by atoms with E-state index < -0.39 is 11.5 Å². The highest BCUT2D eigenvalue weighted by Crippen LogP contribution is 2.32. The SMILES string of the molecule is CCC(C)(C)CNC(=O)N1CCCC1(CC)C(=O)O. The molecule has 0 aliphatic carbocycles. The van der Waals surface area contributed by atoms with E-state index in [0.717, 1.165) is 12.8 Å². The van der Waals surface area contributed by atoms with Gasteiger partial charge in [0.2, 0.25) is 0 Å². The van der Waals surface area contributed by atoms with Crippen molar-refractivity contribution in [2.75, 3.05) is 13.1 Å². The third-order valence-electron chi connectivity index (χ3n) is 4.39. The quantitative estimate of drug-likeness (QED) is 0.806. The molecular formula is C14H26N2O3. The molecule has 0 saturated carbocycles. The molecule has 1 atom stereocenters. The van der Waals surface area contributed by atoms with E-state index in [1.165, 1.54) is 4.90 Å². The average molecular weight is 270 g/mol. The number of nitrogens with one attached hydrogen (secondary N) is 1. The second-order valence-electron chi connectivity index (χ2n) is 6.12. The summed E-state index contributed by atoms with van der Waals surface area (Å²) in [5.41, 5.74) is -0.978. The van der Waals surface area contributed by atoms with E-state index in [4.69, 9.17) is 0 Å². The van der Waals surface area contributed by atoms with Gasteiger partial charge in [-0.25, -0.2) is 9.59 Å². The highest BCUT2D eigenvalue weighted by Gasteiger charge is 2.48. The summed E-state index contributed by atoms with van der Waals surface area (Å²) in [7, 11) is 0. The van der Waals surface area contributed by atoms with Gasteiger partial charge in [0.15, 0.2) is 0 Å². The summed E-state index contributed by atoms with van der Waals surface area (Å²) in [5.74, 6) is -0.891. The van der Waals surface area contributed by atoms with E-state index >= 15 is 0 Å². The van der Waals surface area contributed by atoms with E-state index in [0.29, 0.717) is 25.9 Å². The third-order valence-corrected chi connectivity index (χ3v) is 4.39. The van der Waals surface area contributed by atoms with Gasteiger partial charge in [-0.15, -0.1) is 0 Å². The van der Waals surface area contributed by atoms with Gasteiger partial charge in [0.25, 0.3) is 0 Å². The van der Waals surface area contributed by atoms with Crippen LogP contribution in [0.25, 0.3) is 0 Å². The Balaban J connectivity index is 2.73. The molecular weight excluding hydrogens is 244 g/mol. The minimum Gasteiger partial charge on any atom is -0.479 e. The molecule has 0 bridgehead atoms. The van der Waals surface area contributed by atoms with Crippen molar-refractivity contribution >= 4 is 12.0 Å². The van der Waals surface area contributed by atoms with Crippen molar-refractivity contribution < 1.29 is 14.7 Å². The molecule has 5 nitrogen and oxygen atoms in total. The first-order valence-electron chi connectivity index (χ1n) is 7.08. The van der Waals surface area contributed by atoms with Gasteiger partial charge in [0.1, 0.15) is 5.54 Å². The maximum atomic E-state index is 12.2. The van der Waals surface area contributed by atoms with Gasteiger partial charge in [0.05, 0.1) is 0 Å². The lowest BCUT2D eigenvalue weighted by Crippen LogP contribution is -2.56. The van der Waals surface area contributed by atoms with E-state index in [9.17, 15) is 14.7 Å². The number of rotatable bonds is 5. The van der Waals surface area contributed by atoms with Crippen LogP contribution in [0.3, 0.4) is 0 Å². The van der Waals surface area contributed by atoms with Crippen molar-refractivity contribution in [2.24, 2.45) is 5.41 Å². The minimum absolute atomic E-state index is 0.0352. The lowest BCUT2D eigenvalue weighted by Gasteiger charge is -2.35. The number of likely N-dealkylation sites (tertiary alicyclic amines) is 1. The Morgan fingerprint density at radius 2 is 2.00 bits per heavy atom. The third kappa shape index (κ3) is 3.19. The van der Waals surface area contributed by atoms with Crippen LogP contribution in [-0.2, 0) is 4.79 Å². The molecule has 0 aromatic rings. The molecule has 0 spiro atoms. The predicted octanol–water partition coefficient (Wildman–Crippen LogP) is 2.46. The van der Waals surface area contributed by atoms with Gasteiger partial charge in [-0.3, -0.25) is 0 Å². The molecule has 19 heavy (non-hydrogen) atoms. The summed E-state index contributed by atoms with van der Waals surface area (Å²) < 4.78 is 0. The van der Waals surface area contributed by atoms with Crippen LogP contribution in [-0.4, -0.2) is 40.6 Å². The molecule has 110 valence electrons. The van der Waals surface area contributed by atoms with Crippen molar-refractivity contribution in [3.05, 3.63) is 0 Å². The van der Waals surface area contributed by atoms with Gasteiger partial charge in [-0.1, -0.05) is 27.7 Å². The number of carboxylic acids is 1. The summed E-state index contributed by atoms with van der Waals surface area (Å²) in [5, 5.41) is 12.3. The predicted molar refractivity (Wildman–Crippen MR) is 74.1 cm³/mol. The van der Waals surface area contributed by atoms with Crippen LogP contribution in [0.1, 0.15) is 53.4 Å². The normalized spacial score (nSPS) is 23.5. The zero-order valence-electron chi connectivity index (χ0n) is 12.5. The first-order valence-corrected chi connectivity index (χ1v) is 7.08. The molecule has 5 heteroatoms. The van der Waals surface area contributed by atoms with Crippen molar-refractivity contribution in [3.63, 3.8) is 0 Å². The number of carbonyl (C=O) groups excluding carboxylic acids is 1. The fraction of sp³-hybridized carbons (Fsp3) is 0.857. The van der Waals surface area contributed by atoms with Crippen LogP contribution in [0.15, 0.2) is 0 Å². The van der Waals surface area contributed by atoms with Crippen molar-refractivity contribution in [1.82, 2.24) is 10.2 Å². The van der Waals surface area contributed by atoms with Crippen LogP contribution in [0.4, 0.5) is 4.79 Å². The molecule has 0 aromatic carbocycles. The zero-order valence-corrected chi connectivity index (χ0v) is 12.5. The summed E-state index contributed by atoms with van der Waals surface area (Å²) in [6.45, 7) is 9.17. The Hall–Kier alpha value is -1.26. The van der Waals surface area contributed by atoms with Crippen LogP contribution in [0.2, 0.25) is 0 Å². The van der Waals surface area contributed by atoms with Crippen LogP contribution in [0.5, 0.6) is 0 Å². The number of amides is 2. The Morgan fingerprint density at radius 3 is 2.47 bits per heavy atom. The molecule has 1 rings (SSSR count). The first kappa shape index (κ1) is 15.8. The standard InChI is InChI=1S/C14H26N2O3/c1-5-13(3,4)10-15-12(19)16-9-7-8-14(16,6-2)11(17)18/h5-10H2,1-4H3,(H,15,19)(H,17,18). The molecule has 0 radical (unpaired) electrons. The number of carbonyl (C=O) groups is 2. The molecule has 2 amide bonds. The lowest BCUT2D eigenvalue weighted by atomic mass is 9.90. The van der Waals surface area contributed by atoms with Crippen molar-refractivity contribution in [2.45, 2.75) is 58.9 Å². The fourth-order valence-electron chi connectivity index (χ4n) is 2.45. The maximum absolute atomic E-state index is 12.2. The van der Waals surface area contributed by atoms with Crippen LogP contribution in [0, 0.1) is 5.41 Å². The molecule has 1 heterocycles.